The Bertz CT molecular complexity index is 462. The highest BCUT2D eigenvalue weighted by Gasteiger charge is 2.08. The van der Waals surface area contributed by atoms with Crippen molar-refractivity contribution in [1.29, 1.82) is 0 Å². The topological polar surface area (TPSA) is 30.7 Å². The van der Waals surface area contributed by atoms with E-state index in [1.807, 2.05) is 4.68 Å². The molecule has 1 aromatic carbocycles. The summed E-state index contributed by atoms with van der Waals surface area (Å²) in [5.74, 6) is 0. The number of hydrogen-bond acceptors (Lipinski definition) is 2. The molecule has 0 saturated carbocycles. The molecule has 0 radical (unpaired) electrons. The lowest BCUT2D eigenvalue weighted by molar-refractivity contribution is 0.789. The predicted octanol–water partition coefficient (Wildman–Crippen LogP) is 3.04. The molecule has 0 amide bonds. The number of aryl methyl sites for hydroxylation is 1. The van der Waals surface area contributed by atoms with E-state index in [9.17, 15) is 0 Å². The van der Waals surface area contributed by atoms with Crippen molar-refractivity contribution < 1.29 is 0 Å². The number of benzene rings is 1. The normalized spacial score (nSPS) is 10.6. The van der Waals surface area contributed by atoms with Crippen LogP contribution in [0.4, 0.5) is 0 Å². The minimum atomic E-state index is 0.938. The molecule has 0 saturated heterocycles. The first-order chi connectivity index (χ1) is 7.22. The Balaban J connectivity index is 2.41. The van der Waals surface area contributed by atoms with Crippen LogP contribution in [-0.4, -0.2) is 15.0 Å². The van der Waals surface area contributed by atoms with E-state index >= 15 is 0 Å². The molecule has 0 aliphatic heterocycles. The van der Waals surface area contributed by atoms with Gasteiger partial charge in [0.05, 0.1) is 5.69 Å². The summed E-state index contributed by atoms with van der Waals surface area (Å²) in [5.41, 5.74) is 2.40. The van der Waals surface area contributed by atoms with Crippen LogP contribution in [0.25, 0.3) is 5.69 Å². The third-order valence-electron chi connectivity index (χ3n) is 2.17. The Kier molecular flexibility index (Phi) is 3.60. The second kappa shape index (κ2) is 4.77. The summed E-state index contributed by atoms with van der Waals surface area (Å²) in [7, 11) is 0. The van der Waals surface area contributed by atoms with Crippen LogP contribution >= 0.6 is 45.2 Å². The fourth-order valence-corrected chi connectivity index (χ4v) is 2.10. The largest absolute Gasteiger partial charge is 0.206 e. The van der Waals surface area contributed by atoms with E-state index in [0.29, 0.717) is 0 Å². The predicted molar refractivity (Wildman–Crippen MR) is 76.2 cm³/mol. The average Bonchev–Trinajstić information content (AvgIpc) is 2.60. The first kappa shape index (κ1) is 11.3. The zero-order chi connectivity index (χ0) is 10.8. The number of halogens is 2. The lowest BCUT2D eigenvalue weighted by Crippen LogP contribution is -1.99. The van der Waals surface area contributed by atoms with Gasteiger partial charge in [-0.3, -0.25) is 0 Å². The van der Waals surface area contributed by atoms with Crippen molar-refractivity contribution in [3.8, 4) is 5.69 Å². The first-order valence-corrected chi connectivity index (χ1v) is 6.74. The summed E-state index contributed by atoms with van der Waals surface area (Å²) in [6, 6.07) is 8.40. The van der Waals surface area contributed by atoms with E-state index in [0.717, 1.165) is 19.5 Å². The molecule has 0 unspecified atom stereocenters. The summed E-state index contributed by atoms with van der Waals surface area (Å²) in [6.07, 6.45) is 1.06. The molecule has 0 aliphatic rings. The standard InChI is InChI=1S/C10H9I2N3/c1-2-7-3-5-8(6-4-7)15-10(12)9(11)13-14-15/h3-6H,2H2,1H3. The van der Waals surface area contributed by atoms with Gasteiger partial charge >= 0.3 is 0 Å². The summed E-state index contributed by atoms with van der Waals surface area (Å²) in [6.45, 7) is 2.15. The zero-order valence-electron chi connectivity index (χ0n) is 8.11. The summed E-state index contributed by atoms with van der Waals surface area (Å²) in [4.78, 5) is 0. The Morgan fingerprint density at radius 3 is 2.33 bits per heavy atom. The van der Waals surface area contributed by atoms with Gasteiger partial charge in [-0.25, -0.2) is 4.68 Å². The number of nitrogens with zero attached hydrogens (tertiary/aromatic N) is 3. The summed E-state index contributed by atoms with van der Waals surface area (Å²) >= 11 is 4.44. The zero-order valence-corrected chi connectivity index (χ0v) is 12.4. The second-order valence-corrected chi connectivity index (χ2v) is 5.15. The molecule has 2 aromatic rings. The Morgan fingerprint density at radius 2 is 1.87 bits per heavy atom. The van der Waals surface area contributed by atoms with Crippen molar-refractivity contribution in [3.63, 3.8) is 0 Å². The number of aromatic nitrogens is 3. The molecule has 0 fully saturated rings. The second-order valence-electron chi connectivity index (χ2n) is 3.10. The number of hydrogen-bond donors (Lipinski definition) is 0. The molecule has 0 N–H and O–H groups in total. The monoisotopic (exact) mass is 425 g/mol. The third kappa shape index (κ3) is 2.32. The fraction of sp³-hybridized carbons (Fsp3) is 0.200. The van der Waals surface area contributed by atoms with Crippen molar-refractivity contribution in [2.24, 2.45) is 0 Å². The van der Waals surface area contributed by atoms with Crippen LogP contribution in [0.15, 0.2) is 24.3 Å². The minimum Gasteiger partial charge on any atom is -0.206 e. The molecule has 0 bridgehead atoms. The van der Waals surface area contributed by atoms with Gasteiger partial charge in [0, 0.05) is 0 Å². The van der Waals surface area contributed by atoms with Gasteiger partial charge in [-0.05, 0) is 69.3 Å². The van der Waals surface area contributed by atoms with Gasteiger partial charge in [0.2, 0.25) is 0 Å². The van der Waals surface area contributed by atoms with Crippen molar-refractivity contribution in [2.45, 2.75) is 13.3 Å². The van der Waals surface area contributed by atoms with Crippen LogP contribution in [0.3, 0.4) is 0 Å². The Labute approximate surface area is 116 Å². The van der Waals surface area contributed by atoms with Crippen LogP contribution in [0.2, 0.25) is 0 Å². The van der Waals surface area contributed by atoms with Crippen LogP contribution in [0, 0.1) is 7.40 Å². The highest BCUT2D eigenvalue weighted by atomic mass is 127. The molecule has 3 nitrogen and oxygen atoms in total. The molecule has 1 heterocycles. The van der Waals surface area contributed by atoms with E-state index in [1.165, 1.54) is 5.56 Å². The molecular formula is C10H9I2N3. The molecule has 0 atom stereocenters. The summed E-state index contributed by atoms with van der Waals surface area (Å²) in [5, 5.41) is 8.12. The molecule has 5 heteroatoms. The molecule has 1 aromatic heterocycles. The van der Waals surface area contributed by atoms with Gasteiger partial charge in [0.25, 0.3) is 0 Å². The van der Waals surface area contributed by atoms with Gasteiger partial charge < -0.3 is 0 Å². The minimum absolute atomic E-state index is 0.938. The van der Waals surface area contributed by atoms with Crippen molar-refractivity contribution >= 4 is 45.2 Å². The molecule has 0 aliphatic carbocycles. The molecular weight excluding hydrogens is 416 g/mol. The van der Waals surface area contributed by atoms with Gasteiger partial charge in [-0.1, -0.05) is 24.3 Å². The van der Waals surface area contributed by atoms with Crippen molar-refractivity contribution in [2.75, 3.05) is 0 Å². The van der Waals surface area contributed by atoms with Gasteiger partial charge in [0.15, 0.2) is 3.70 Å². The Morgan fingerprint density at radius 1 is 1.20 bits per heavy atom. The van der Waals surface area contributed by atoms with Gasteiger partial charge in [-0.2, -0.15) is 0 Å². The van der Waals surface area contributed by atoms with Crippen LogP contribution in [0.1, 0.15) is 12.5 Å². The van der Waals surface area contributed by atoms with E-state index in [-0.39, 0.29) is 0 Å². The maximum atomic E-state index is 4.09. The SMILES string of the molecule is CCc1ccc(-n2nnc(I)c2I)cc1. The maximum Gasteiger partial charge on any atom is 0.157 e. The molecule has 0 spiro atoms. The molecule has 2 rings (SSSR count). The number of rotatable bonds is 2. The maximum absolute atomic E-state index is 4.09. The van der Waals surface area contributed by atoms with E-state index < -0.39 is 0 Å². The summed E-state index contributed by atoms with van der Waals surface area (Å²) < 4.78 is 3.84. The highest BCUT2D eigenvalue weighted by Crippen LogP contribution is 2.16. The average molecular weight is 425 g/mol. The third-order valence-corrected chi connectivity index (χ3v) is 4.89. The van der Waals surface area contributed by atoms with E-state index in [1.54, 1.807) is 0 Å². The lowest BCUT2D eigenvalue weighted by atomic mass is 10.1. The van der Waals surface area contributed by atoms with Crippen LogP contribution in [-0.2, 0) is 6.42 Å². The van der Waals surface area contributed by atoms with E-state index in [2.05, 4.69) is 86.7 Å². The van der Waals surface area contributed by atoms with Crippen LogP contribution < -0.4 is 0 Å². The highest BCUT2D eigenvalue weighted by molar-refractivity contribution is 14.1. The van der Waals surface area contributed by atoms with Gasteiger partial charge in [-0.15, -0.1) is 5.10 Å². The van der Waals surface area contributed by atoms with E-state index in [4.69, 9.17) is 0 Å². The van der Waals surface area contributed by atoms with Gasteiger partial charge in [0.1, 0.15) is 3.70 Å². The first-order valence-electron chi connectivity index (χ1n) is 4.58. The molecule has 15 heavy (non-hydrogen) atoms. The molecule has 78 valence electrons. The van der Waals surface area contributed by atoms with Crippen molar-refractivity contribution in [3.05, 3.63) is 37.2 Å². The smallest absolute Gasteiger partial charge is 0.157 e. The quantitative estimate of drug-likeness (QED) is 0.694. The van der Waals surface area contributed by atoms with Crippen LogP contribution in [0.5, 0.6) is 0 Å². The lowest BCUT2D eigenvalue weighted by Gasteiger charge is -2.02. The fourth-order valence-electron chi connectivity index (χ4n) is 1.29. The Hall–Kier alpha value is -0.180. The van der Waals surface area contributed by atoms with Crippen molar-refractivity contribution in [1.82, 2.24) is 15.0 Å².